The summed E-state index contributed by atoms with van der Waals surface area (Å²) >= 11 is 0. The van der Waals surface area contributed by atoms with Gasteiger partial charge in [0.15, 0.2) is 0 Å². The summed E-state index contributed by atoms with van der Waals surface area (Å²) in [5, 5.41) is 3.33. The smallest absolute Gasteiger partial charge is 0.227 e. The molecule has 1 fully saturated rings. The van der Waals surface area contributed by atoms with Crippen molar-refractivity contribution in [2.45, 2.75) is 26.2 Å². The number of aromatic nitrogens is 2. The molecule has 0 radical (unpaired) electrons. The van der Waals surface area contributed by atoms with Crippen molar-refractivity contribution in [3.8, 4) is 0 Å². The Balaban J connectivity index is 1.91. The van der Waals surface area contributed by atoms with E-state index in [4.69, 9.17) is 4.98 Å². The monoisotopic (exact) mass is 275 g/mol. The predicted molar refractivity (Wildman–Crippen MR) is 78.1 cm³/mol. The van der Waals surface area contributed by atoms with Crippen molar-refractivity contribution in [3.05, 3.63) is 11.9 Å². The molecule has 0 spiro atoms. The zero-order chi connectivity index (χ0) is 13.9. The fraction of sp³-hybridized carbons (Fsp3) is 0.643. The molecule has 1 aromatic heterocycles. The molecule has 0 unspecified atom stereocenters. The number of amides is 1. The Bertz CT molecular complexity index is 498. The maximum absolute atomic E-state index is 12.0. The molecule has 1 amide bonds. The summed E-state index contributed by atoms with van der Waals surface area (Å²) in [5.41, 5.74) is 1.91. The highest BCUT2D eigenvalue weighted by molar-refractivity contribution is 5.94. The first kappa shape index (κ1) is 13.3. The summed E-state index contributed by atoms with van der Waals surface area (Å²) in [4.78, 5) is 25.3. The van der Waals surface area contributed by atoms with Crippen molar-refractivity contribution in [2.75, 3.05) is 42.5 Å². The van der Waals surface area contributed by atoms with E-state index in [0.717, 1.165) is 56.4 Å². The first-order valence-corrected chi connectivity index (χ1v) is 7.41. The molecule has 108 valence electrons. The number of nitrogens with zero attached hydrogens (tertiary/aromatic N) is 4. The van der Waals surface area contributed by atoms with Crippen molar-refractivity contribution in [3.63, 3.8) is 0 Å². The van der Waals surface area contributed by atoms with Crippen LogP contribution in [-0.2, 0) is 11.2 Å². The van der Waals surface area contributed by atoms with Crippen molar-refractivity contribution in [1.29, 1.82) is 0 Å². The highest BCUT2D eigenvalue weighted by Crippen LogP contribution is 2.26. The molecule has 2 aliphatic rings. The van der Waals surface area contributed by atoms with Crippen LogP contribution >= 0.6 is 0 Å². The molecular formula is C14H21N5O. The molecule has 0 bridgehead atoms. The van der Waals surface area contributed by atoms with Gasteiger partial charge in [-0.05, 0) is 19.8 Å². The second kappa shape index (κ2) is 5.75. The molecule has 3 rings (SSSR count). The van der Waals surface area contributed by atoms with Gasteiger partial charge in [0.25, 0.3) is 0 Å². The summed E-state index contributed by atoms with van der Waals surface area (Å²) in [7, 11) is 0. The van der Waals surface area contributed by atoms with Crippen molar-refractivity contribution in [2.24, 2.45) is 0 Å². The van der Waals surface area contributed by atoms with Gasteiger partial charge in [-0.1, -0.05) is 0 Å². The molecule has 0 aliphatic carbocycles. The minimum absolute atomic E-state index is 0.185. The van der Waals surface area contributed by atoms with E-state index in [-0.39, 0.29) is 5.91 Å². The Morgan fingerprint density at radius 1 is 1.30 bits per heavy atom. The number of nitrogens with one attached hydrogen (secondary N) is 1. The Labute approximate surface area is 119 Å². The molecule has 0 atom stereocenters. The Morgan fingerprint density at radius 3 is 2.85 bits per heavy atom. The lowest BCUT2D eigenvalue weighted by molar-refractivity contribution is -0.118. The average Bonchev–Trinajstić information content (AvgIpc) is 2.65. The molecule has 0 saturated carbocycles. The van der Waals surface area contributed by atoms with Crippen LogP contribution in [0, 0.1) is 0 Å². The topological polar surface area (TPSA) is 61.4 Å². The Hall–Kier alpha value is -1.69. The number of piperazine rings is 1. The minimum Gasteiger partial charge on any atom is -0.338 e. The summed E-state index contributed by atoms with van der Waals surface area (Å²) in [6, 6.07) is 0. The van der Waals surface area contributed by atoms with E-state index in [1.807, 2.05) is 18.0 Å². The summed E-state index contributed by atoms with van der Waals surface area (Å²) in [5.74, 6) is 0.987. The van der Waals surface area contributed by atoms with E-state index in [2.05, 4.69) is 15.2 Å². The largest absolute Gasteiger partial charge is 0.338 e. The quantitative estimate of drug-likeness (QED) is 0.855. The Morgan fingerprint density at radius 2 is 2.10 bits per heavy atom. The number of hydrogen-bond donors (Lipinski definition) is 1. The van der Waals surface area contributed by atoms with Gasteiger partial charge in [-0.15, -0.1) is 0 Å². The third kappa shape index (κ3) is 2.47. The van der Waals surface area contributed by atoms with Crippen LogP contribution < -0.4 is 15.1 Å². The minimum atomic E-state index is 0.185. The second-order valence-corrected chi connectivity index (χ2v) is 5.23. The van der Waals surface area contributed by atoms with Crippen LogP contribution in [0.2, 0.25) is 0 Å². The van der Waals surface area contributed by atoms with Gasteiger partial charge in [-0.25, -0.2) is 9.97 Å². The van der Waals surface area contributed by atoms with Crippen LogP contribution in [0.4, 0.5) is 11.6 Å². The van der Waals surface area contributed by atoms with Crippen LogP contribution in [-0.4, -0.2) is 48.6 Å². The van der Waals surface area contributed by atoms with E-state index in [0.29, 0.717) is 13.0 Å². The van der Waals surface area contributed by atoms with Gasteiger partial charge < -0.3 is 15.1 Å². The fourth-order valence-corrected chi connectivity index (χ4v) is 2.85. The number of fused-ring (bicyclic) bond motifs is 1. The summed E-state index contributed by atoms with van der Waals surface area (Å²) in [6.07, 6.45) is 4.17. The Kier molecular flexibility index (Phi) is 3.82. The van der Waals surface area contributed by atoms with Crippen LogP contribution in [0.25, 0.3) is 0 Å². The van der Waals surface area contributed by atoms with E-state index >= 15 is 0 Å². The lowest BCUT2D eigenvalue weighted by atomic mass is 10.2. The maximum atomic E-state index is 12.0. The molecule has 2 aliphatic heterocycles. The van der Waals surface area contributed by atoms with Gasteiger partial charge in [0.1, 0.15) is 0 Å². The molecule has 0 aromatic carbocycles. The van der Waals surface area contributed by atoms with Crippen LogP contribution in [0.5, 0.6) is 0 Å². The number of hydrogen-bond acceptors (Lipinski definition) is 5. The van der Waals surface area contributed by atoms with Crippen LogP contribution in [0.15, 0.2) is 6.20 Å². The predicted octanol–water partition coefficient (Wildman–Crippen LogP) is 0.575. The number of carbonyl (C=O) groups is 1. The van der Waals surface area contributed by atoms with Crippen molar-refractivity contribution < 1.29 is 4.79 Å². The molecule has 20 heavy (non-hydrogen) atoms. The van der Waals surface area contributed by atoms with Gasteiger partial charge in [0, 0.05) is 39.1 Å². The molecule has 3 heterocycles. The van der Waals surface area contributed by atoms with E-state index < -0.39 is 0 Å². The SMILES string of the molecule is CCN1C(=O)CCCc2nc(N3CCNCC3)ncc21. The molecule has 6 nitrogen and oxygen atoms in total. The first-order chi connectivity index (χ1) is 9.79. The van der Waals surface area contributed by atoms with Crippen molar-refractivity contribution >= 4 is 17.5 Å². The van der Waals surface area contributed by atoms with E-state index in [1.54, 1.807) is 0 Å². The lowest BCUT2D eigenvalue weighted by Crippen LogP contribution is -2.44. The zero-order valence-electron chi connectivity index (χ0n) is 11.9. The van der Waals surface area contributed by atoms with E-state index in [9.17, 15) is 4.79 Å². The van der Waals surface area contributed by atoms with Gasteiger partial charge >= 0.3 is 0 Å². The highest BCUT2D eigenvalue weighted by Gasteiger charge is 2.23. The summed E-state index contributed by atoms with van der Waals surface area (Å²) < 4.78 is 0. The second-order valence-electron chi connectivity index (χ2n) is 5.23. The average molecular weight is 275 g/mol. The van der Waals surface area contributed by atoms with Gasteiger partial charge in [0.2, 0.25) is 11.9 Å². The number of aryl methyl sites for hydroxylation is 1. The standard InChI is InChI=1S/C14H21N5O/c1-2-19-12-10-16-14(18-8-6-15-7-9-18)17-11(12)4-3-5-13(19)20/h10,15H,2-9H2,1H3. The van der Waals surface area contributed by atoms with Crippen LogP contribution in [0.1, 0.15) is 25.5 Å². The molecule has 1 aromatic rings. The molecule has 6 heteroatoms. The number of anilines is 2. The van der Waals surface area contributed by atoms with Gasteiger partial charge in [-0.2, -0.15) is 0 Å². The van der Waals surface area contributed by atoms with E-state index in [1.165, 1.54) is 0 Å². The van der Waals surface area contributed by atoms with Crippen LogP contribution in [0.3, 0.4) is 0 Å². The van der Waals surface area contributed by atoms with Crippen molar-refractivity contribution in [1.82, 2.24) is 15.3 Å². The number of rotatable bonds is 2. The fourth-order valence-electron chi connectivity index (χ4n) is 2.85. The first-order valence-electron chi connectivity index (χ1n) is 7.41. The lowest BCUT2D eigenvalue weighted by Gasteiger charge is -2.28. The van der Waals surface area contributed by atoms with Gasteiger partial charge in [-0.3, -0.25) is 4.79 Å². The molecule has 1 N–H and O–H groups in total. The summed E-state index contributed by atoms with van der Waals surface area (Å²) in [6.45, 7) is 6.50. The zero-order valence-corrected chi connectivity index (χ0v) is 11.9. The third-order valence-electron chi connectivity index (χ3n) is 3.95. The normalized spacial score (nSPS) is 19.8. The molecule has 1 saturated heterocycles. The van der Waals surface area contributed by atoms with Gasteiger partial charge in [0.05, 0.1) is 17.6 Å². The molecular weight excluding hydrogens is 254 g/mol. The third-order valence-corrected chi connectivity index (χ3v) is 3.95. The highest BCUT2D eigenvalue weighted by atomic mass is 16.2. The maximum Gasteiger partial charge on any atom is 0.227 e. The number of carbonyl (C=O) groups excluding carboxylic acids is 1.